The number of benzene rings is 3. The molecule has 3 N–H and O–H groups in total. The lowest BCUT2D eigenvalue weighted by molar-refractivity contribution is 0.100. The SMILES string of the molecule is CN(c1cccc(C(=O)Nc2ccccc2C(N)=O)c1)S(=O)(=O)c1ccc(Cl)cc1. The lowest BCUT2D eigenvalue weighted by Gasteiger charge is -2.20. The fourth-order valence-corrected chi connectivity index (χ4v) is 4.06. The molecule has 3 aromatic carbocycles. The van der Waals surface area contributed by atoms with Crippen LogP contribution >= 0.6 is 11.6 Å². The highest BCUT2D eigenvalue weighted by Crippen LogP contribution is 2.24. The first-order chi connectivity index (χ1) is 14.2. The minimum Gasteiger partial charge on any atom is -0.366 e. The number of nitrogens with two attached hydrogens (primary N) is 1. The third kappa shape index (κ3) is 4.45. The zero-order valence-electron chi connectivity index (χ0n) is 15.9. The van der Waals surface area contributed by atoms with Gasteiger partial charge in [0.2, 0.25) is 0 Å². The van der Waals surface area contributed by atoms with Crippen molar-refractivity contribution in [2.24, 2.45) is 5.73 Å². The van der Waals surface area contributed by atoms with Crippen LogP contribution in [0.4, 0.5) is 11.4 Å². The summed E-state index contributed by atoms with van der Waals surface area (Å²) in [6, 6.07) is 18.3. The number of amides is 2. The number of primary amides is 1. The lowest BCUT2D eigenvalue weighted by atomic mass is 10.1. The highest BCUT2D eigenvalue weighted by molar-refractivity contribution is 7.92. The van der Waals surface area contributed by atoms with Crippen molar-refractivity contribution in [3.05, 3.63) is 88.9 Å². The molecule has 0 unspecified atom stereocenters. The molecule has 0 fully saturated rings. The monoisotopic (exact) mass is 443 g/mol. The van der Waals surface area contributed by atoms with E-state index in [0.29, 0.717) is 10.7 Å². The van der Waals surface area contributed by atoms with Crippen LogP contribution < -0.4 is 15.4 Å². The second-order valence-electron chi connectivity index (χ2n) is 6.34. The Bertz CT molecular complexity index is 1210. The highest BCUT2D eigenvalue weighted by atomic mass is 35.5. The van der Waals surface area contributed by atoms with E-state index in [1.54, 1.807) is 30.3 Å². The fourth-order valence-electron chi connectivity index (χ4n) is 2.75. The Labute approximate surface area is 179 Å². The van der Waals surface area contributed by atoms with Crippen molar-refractivity contribution in [3.63, 3.8) is 0 Å². The number of carbonyl (C=O) groups is 2. The molecule has 0 atom stereocenters. The highest BCUT2D eigenvalue weighted by Gasteiger charge is 2.22. The van der Waals surface area contributed by atoms with E-state index in [1.165, 1.54) is 49.5 Å². The van der Waals surface area contributed by atoms with Crippen molar-refractivity contribution in [1.82, 2.24) is 0 Å². The summed E-state index contributed by atoms with van der Waals surface area (Å²) in [6.45, 7) is 0. The molecule has 0 aliphatic heterocycles. The largest absolute Gasteiger partial charge is 0.366 e. The number of hydrogen-bond acceptors (Lipinski definition) is 4. The van der Waals surface area contributed by atoms with Gasteiger partial charge in [-0.15, -0.1) is 0 Å². The van der Waals surface area contributed by atoms with Gasteiger partial charge in [0.1, 0.15) is 0 Å². The Hall–Kier alpha value is -3.36. The van der Waals surface area contributed by atoms with Gasteiger partial charge in [0.15, 0.2) is 0 Å². The maximum Gasteiger partial charge on any atom is 0.264 e. The smallest absolute Gasteiger partial charge is 0.264 e. The van der Waals surface area contributed by atoms with Gasteiger partial charge in [-0.1, -0.05) is 29.8 Å². The van der Waals surface area contributed by atoms with Crippen LogP contribution in [-0.2, 0) is 10.0 Å². The van der Waals surface area contributed by atoms with Crippen molar-refractivity contribution < 1.29 is 18.0 Å². The van der Waals surface area contributed by atoms with Gasteiger partial charge >= 0.3 is 0 Å². The van der Waals surface area contributed by atoms with Crippen molar-refractivity contribution in [3.8, 4) is 0 Å². The molecule has 2 amide bonds. The molecule has 0 aliphatic rings. The van der Waals surface area contributed by atoms with Crippen LogP contribution in [0.1, 0.15) is 20.7 Å². The first kappa shape index (κ1) is 21.4. The molecule has 3 aromatic rings. The molecule has 154 valence electrons. The van der Waals surface area contributed by atoms with E-state index in [1.807, 2.05) is 0 Å². The van der Waals surface area contributed by atoms with Gasteiger partial charge in [-0.25, -0.2) is 8.42 Å². The fraction of sp³-hybridized carbons (Fsp3) is 0.0476. The van der Waals surface area contributed by atoms with Crippen molar-refractivity contribution >= 4 is 44.8 Å². The number of sulfonamides is 1. The summed E-state index contributed by atoms with van der Waals surface area (Å²) < 4.78 is 26.8. The predicted molar refractivity (Wildman–Crippen MR) is 116 cm³/mol. The number of halogens is 1. The van der Waals surface area contributed by atoms with Crippen LogP contribution in [0, 0.1) is 0 Å². The maximum atomic E-state index is 12.9. The van der Waals surface area contributed by atoms with Crippen LogP contribution in [0.15, 0.2) is 77.7 Å². The summed E-state index contributed by atoms with van der Waals surface area (Å²) in [4.78, 5) is 24.3. The zero-order valence-corrected chi connectivity index (χ0v) is 17.4. The topological polar surface area (TPSA) is 110 Å². The molecule has 0 radical (unpaired) electrons. The maximum absolute atomic E-state index is 12.9. The molecule has 9 heteroatoms. The van der Waals surface area contributed by atoms with Gasteiger partial charge in [0.25, 0.3) is 21.8 Å². The van der Waals surface area contributed by atoms with Gasteiger partial charge in [-0.05, 0) is 54.6 Å². The summed E-state index contributed by atoms with van der Waals surface area (Å²) in [6.07, 6.45) is 0. The summed E-state index contributed by atoms with van der Waals surface area (Å²) in [5.74, 6) is -1.18. The molecule has 0 aliphatic carbocycles. The van der Waals surface area contributed by atoms with Gasteiger partial charge in [0.05, 0.1) is 21.8 Å². The second kappa shape index (κ2) is 8.56. The molecule has 7 nitrogen and oxygen atoms in total. The molecule has 0 heterocycles. The normalized spacial score (nSPS) is 11.0. The number of nitrogens with zero attached hydrogens (tertiary/aromatic N) is 1. The van der Waals surface area contributed by atoms with Crippen LogP contribution in [0.5, 0.6) is 0 Å². The molecular weight excluding hydrogens is 426 g/mol. The van der Waals surface area contributed by atoms with Crippen LogP contribution in [0.25, 0.3) is 0 Å². The summed E-state index contributed by atoms with van der Waals surface area (Å²) in [5.41, 5.74) is 6.28. The summed E-state index contributed by atoms with van der Waals surface area (Å²) in [7, 11) is -2.45. The van der Waals surface area contributed by atoms with Gasteiger partial charge in [0, 0.05) is 17.6 Å². The Morgan fingerprint density at radius 1 is 0.967 bits per heavy atom. The first-order valence-corrected chi connectivity index (χ1v) is 10.6. The second-order valence-corrected chi connectivity index (χ2v) is 8.75. The average molecular weight is 444 g/mol. The predicted octanol–water partition coefficient (Wildman–Crippen LogP) is 3.52. The van der Waals surface area contributed by atoms with Crippen molar-refractivity contribution in [1.29, 1.82) is 0 Å². The van der Waals surface area contributed by atoms with E-state index in [0.717, 1.165) is 4.31 Å². The average Bonchev–Trinajstić information content (AvgIpc) is 2.73. The number of anilines is 2. The third-order valence-electron chi connectivity index (χ3n) is 4.38. The van der Waals surface area contributed by atoms with Crippen molar-refractivity contribution in [2.45, 2.75) is 4.90 Å². The van der Waals surface area contributed by atoms with E-state index >= 15 is 0 Å². The molecule has 0 bridgehead atoms. The van der Waals surface area contributed by atoms with E-state index in [4.69, 9.17) is 17.3 Å². The number of hydrogen-bond donors (Lipinski definition) is 2. The molecule has 0 aromatic heterocycles. The standard InChI is InChI=1S/C21H18ClN3O4S/c1-25(30(28,29)17-11-9-15(22)10-12-17)16-6-4-5-14(13-16)21(27)24-19-8-3-2-7-18(19)20(23)26/h2-13H,1H3,(H2,23,26)(H,24,27). The molecule has 3 rings (SSSR count). The van der Waals surface area contributed by atoms with Gasteiger partial charge < -0.3 is 11.1 Å². The molecule has 0 saturated heterocycles. The van der Waals surface area contributed by atoms with Crippen LogP contribution in [-0.4, -0.2) is 27.3 Å². The Kier molecular flexibility index (Phi) is 6.09. The van der Waals surface area contributed by atoms with E-state index in [2.05, 4.69) is 5.32 Å². The minimum atomic E-state index is -3.85. The lowest BCUT2D eigenvalue weighted by Crippen LogP contribution is -2.27. The molecular formula is C21H18ClN3O4S. The number of nitrogens with one attached hydrogen (secondary N) is 1. The first-order valence-electron chi connectivity index (χ1n) is 8.75. The number of carbonyl (C=O) groups excluding carboxylic acids is 2. The van der Waals surface area contributed by atoms with E-state index in [-0.39, 0.29) is 21.7 Å². The Morgan fingerprint density at radius 3 is 2.30 bits per heavy atom. The summed E-state index contributed by atoms with van der Waals surface area (Å²) >= 11 is 5.83. The summed E-state index contributed by atoms with van der Waals surface area (Å²) in [5, 5.41) is 3.05. The zero-order chi connectivity index (χ0) is 21.9. The molecule has 30 heavy (non-hydrogen) atoms. The molecule has 0 spiro atoms. The number of para-hydroxylation sites is 1. The van der Waals surface area contributed by atoms with E-state index in [9.17, 15) is 18.0 Å². The van der Waals surface area contributed by atoms with E-state index < -0.39 is 21.8 Å². The Morgan fingerprint density at radius 2 is 1.63 bits per heavy atom. The third-order valence-corrected chi connectivity index (χ3v) is 6.44. The van der Waals surface area contributed by atoms with Gasteiger partial charge in [-0.3, -0.25) is 13.9 Å². The minimum absolute atomic E-state index is 0.0691. The van der Waals surface area contributed by atoms with Gasteiger partial charge in [-0.2, -0.15) is 0 Å². The number of rotatable bonds is 6. The Balaban J connectivity index is 1.88. The quantitative estimate of drug-likeness (QED) is 0.607. The van der Waals surface area contributed by atoms with Crippen LogP contribution in [0.2, 0.25) is 5.02 Å². The molecule has 0 saturated carbocycles. The van der Waals surface area contributed by atoms with Crippen LogP contribution in [0.3, 0.4) is 0 Å². The van der Waals surface area contributed by atoms with Crippen molar-refractivity contribution in [2.75, 3.05) is 16.7 Å².